The molecule has 0 radical (unpaired) electrons. The average Bonchev–Trinajstić information content (AvgIpc) is 3.07. The topological polar surface area (TPSA) is 92.8 Å². The molecule has 1 N–H and O–H groups in total. The Bertz CT molecular complexity index is 899. The van der Waals surface area contributed by atoms with Gasteiger partial charge in [-0.3, -0.25) is 29.6 Å². The van der Waals surface area contributed by atoms with Crippen LogP contribution in [0.4, 0.5) is 0 Å². The average molecular weight is 401 g/mol. The lowest BCUT2D eigenvalue weighted by Gasteiger charge is -2.17. The molecule has 0 saturated carbocycles. The molecule has 28 heavy (non-hydrogen) atoms. The summed E-state index contributed by atoms with van der Waals surface area (Å²) >= 11 is 5.77. The maximum absolute atomic E-state index is 12.2. The Balaban J connectivity index is 1.51. The van der Waals surface area contributed by atoms with Crippen LogP contribution in [0.1, 0.15) is 27.1 Å². The molecule has 0 bridgehead atoms. The second kappa shape index (κ2) is 8.67. The van der Waals surface area contributed by atoms with Crippen LogP contribution in [0, 0.1) is 5.92 Å². The number of nitrogens with zero attached hydrogens (tertiary/aromatic N) is 1. The normalized spacial score (nSPS) is 16.0. The highest BCUT2D eigenvalue weighted by Gasteiger charge is 2.36. The number of ketones is 1. The van der Waals surface area contributed by atoms with Crippen molar-refractivity contribution in [1.82, 2.24) is 10.4 Å². The monoisotopic (exact) mass is 400 g/mol. The van der Waals surface area contributed by atoms with E-state index in [4.69, 9.17) is 16.3 Å². The summed E-state index contributed by atoms with van der Waals surface area (Å²) in [6.07, 6.45) is -0.0942. The van der Waals surface area contributed by atoms with Gasteiger partial charge in [-0.1, -0.05) is 29.8 Å². The van der Waals surface area contributed by atoms with E-state index in [-0.39, 0.29) is 18.7 Å². The summed E-state index contributed by atoms with van der Waals surface area (Å²) in [6, 6.07) is 14.6. The fourth-order valence-electron chi connectivity index (χ4n) is 2.72. The smallest absolute Gasteiger partial charge is 0.311 e. The van der Waals surface area contributed by atoms with Gasteiger partial charge in [0.05, 0.1) is 12.5 Å². The minimum Gasteiger partial charge on any atom is -0.457 e. The molecule has 1 fully saturated rings. The second-order valence-corrected chi connectivity index (χ2v) is 6.69. The number of amides is 2. The van der Waals surface area contributed by atoms with E-state index < -0.39 is 30.3 Å². The molecule has 2 aromatic carbocycles. The predicted molar refractivity (Wildman–Crippen MR) is 100 cm³/mol. The van der Waals surface area contributed by atoms with Gasteiger partial charge in [-0.25, -0.2) is 0 Å². The van der Waals surface area contributed by atoms with Crippen molar-refractivity contribution < 1.29 is 23.9 Å². The molecule has 144 valence electrons. The van der Waals surface area contributed by atoms with Crippen molar-refractivity contribution >= 4 is 35.2 Å². The number of ether oxygens (including phenoxy) is 1. The number of Topliss-reactive ketones (excluding diaryl/α,β-unsaturated/α-hetero) is 1. The third kappa shape index (κ3) is 4.75. The fraction of sp³-hybridized carbons (Fsp3) is 0.200. The Morgan fingerprint density at radius 3 is 2.39 bits per heavy atom. The third-order valence-corrected chi connectivity index (χ3v) is 4.49. The molecule has 7 nitrogen and oxygen atoms in total. The van der Waals surface area contributed by atoms with Crippen LogP contribution in [0.3, 0.4) is 0 Å². The molecule has 1 heterocycles. The molecule has 2 aromatic rings. The molecule has 0 aliphatic carbocycles. The summed E-state index contributed by atoms with van der Waals surface area (Å²) < 4.78 is 5.05. The number of halogens is 1. The highest BCUT2D eigenvalue weighted by atomic mass is 35.5. The highest BCUT2D eigenvalue weighted by molar-refractivity contribution is 6.30. The van der Waals surface area contributed by atoms with Crippen LogP contribution in [0.25, 0.3) is 0 Å². The maximum atomic E-state index is 12.2. The van der Waals surface area contributed by atoms with Crippen LogP contribution in [-0.4, -0.2) is 41.7 Å². The zero-order chi connectivity index (χ0) is 20.1. The van der Waals surface area contributed by atoms with Crippen molar-refractivity contribution in [2.45, 2.75) is 6.42 Å². The Kier molecular flexibility index (Phi) is 6.06. The van der Waals surface area contributed by atoms with Crippen LogP contribution in [0.5, 0.6) is 0 Å². The molecule has 3 rings (SSSR count). The first-order chi connectivity index (χ1) is 13.4. The van der Waals surface area contributed by atoms with E-state index >= 15 is 0 Å². The molecule has 0 spiro atoms. The van der Waals surface area contributed by atoms with Crippen LogP contribution < -0.4 is 5.43 Å². The van der Waals surface area contributed by atoms with Gasteiger partial charge in [-0.15, -0.1) is 0 Å². The highest BCUT2D eigenvalue weighted by Crippen LogP contribution is 2.18. The molecule has 0 aromatic heterocycles. The van der Waals surface area contributed by atoms with E-state index in [1.54, 1.807) is 54.6 Å². The SMILES string of the molecule is O=C(COC(=O)[C@@H]1CC(=O)N(NC(=O)c2ccccc2)C1)c1ccc(Cl)cc1. The van der Waals surface area contributed by atoms with Crippen molar-refractivity contribution in [1.29, 1.82) is 0 Å². The standard InChI is InChI=1S/C20H17ClN2O5/c21-16-8-6-13(7-9-16)17(24)12-28-20(27)15-10-18(25)23(11-15)22-19(26)14-4-2-1-3-5-14/h1-9,15H,10-12H2,(H,22,26)/t15-/m1/s1. The maximum Gasteiger partial charge on any atom is 0.311 e. The zero-order valence-electron chi connectivity index (χ0n) is 14.8. The number of benzene rings is 2. The summed E-state index contributed by atoms with van der Waals surface area (Å²) in [6.45, 7) is -0.438. The number of hydrogen-bond acceptors (Lipinski definition) is 5. The molecule has 1 saturated heterocycles. The first kappa shape index (κ1) is 19.6. The number of esters is 1. The largest absolute Gasteiger partial charge is 0.457 e. The first-order valence-electron chi connectivity index (χ1n) is 8.56. The van der Waals surface area contributed by atoms with Crippen LogP contribution in [0.15, 0.2) is 54.6 Å². The van der Waals surface area contributed by atoms with Crippen LogP contribution in [-0.2, 0) is 14.3 Å². The molecular formula is C20H17ClN2O5. The molecule has 8 heteroatoms. The molecule has 2 amide bonds. The van der Waals surface area contributed by atoms with Crippen molar-refractivity contribution in [3.8, 4) is 0 Å². The van der Waals surface area contributed by atoms with E-state index in [2.05, 4.69) is 5.43 Å². The first-order valence-corrected chi connectivity index (χ1v) is 8.93. The van der Waals surface area contributed by atoms with Crippen molar-refractivity contribution in [3.63, 3.8) is 0 Å². The van der Waals surface area contributed by atoms with E-state index in [0.717, 1.165) is 5.01 Å². The number of carbonyl (C=O) groups is 4. The number of carbonyl (C=O) groups excluding carboxylic acids is 4. The lowest BCUT2D eigenvalue weighted by molar-refractivity contribution is -0.147. The van der Waals surface area contributed by atoms with Gasteiger partial charge in [0.15, 0.2) is 12.4 Å². The number of rotatable bonds is 6. The van der Waals surface area contributed by atoms with Crippen LogP contribution in [0.2, 0.25) is 5.02 Å². The van der Waals surface area contributed by atoms with E-state index in [0.29, 0.717) is 16.1 Å². The summed E-state index contributed by atoms with van der Waals surface area (Å²) in [7, 11) is 0. The third-order valence-electron chi connectivity index (χ3n) is 4.24. The van der Waals surface area contributed by atoms with Gasteiger partial charge in [-0.05, 0) is 36.4 Å². The van der Waals surface area contributed by atoms with E-state index in [9.17, 15) is 19.2 Å². The van der Waals surface area contributed by atoms with Gasteiger partial charge in [0.2, 0.25) is 5.91 Å². The van der Waals surface area contributed by atoms with Crippen molar-refractivity contribution in [2.24, 2.45) is 5.92 Å². The van der Waals surface area contributed by atoms with Gasteiger partial charge >= 0.3 is 5.97 Å². The Morgan fingerprint density at radius 1 is 1.04 bits per heavy atom. The van der Waals surface area contributed by atoms with E-state index in [1.165, 1.54) is 0 Å². The van der Waals surface area contributed by atoms with Gasteiger partial charge in [0, 0.05) is 22.6 Å². The summed E-state index contributed by atoms with van der Waals surface area (Å²) in [5.41, 5.74) is 3.25. The summed E-state index contributed by atoms with van der Waals surface area (Å²) in [5, 5.41) is 1.60. The Hall–Kier alpha value is -3.19. The van der Waals surface area contributed by atoms with E-state index in [1.807, 2.05) is 0 Å². The predicted octanol–water partition coefficient (Wildman–Crippen LogP) is 2.26. The van der Waals surface area contributed by atoms with Crippen LogP contribution >= 0.6 is 11.6 Å². The number of hydrazine groups is 1. The second-order valence-electron chi connectivity index (χ2n) is 6.25. The lowest BCUT2D eigenvalue weighted by Crippen LogP contribution is -2.43. The van der Waals surface area contributed by atoms with Gasteiger partial charge in [0.25, 0.3) is 5.91 Å². The van der Waals surface area contributed by atoms with Gasteiger partial charge in [-0.2, -0.15) is 0 Å². The summed E-state index contributed by atoms with van der Waals surface area (Å²) in [5.74, 6) is -2.62. The quantitative estimate of drug-likeness (QED) is 0.593. The molecule has 0 unspecified atom stereocenters. The van der Waals surface area contributed by atoms with Crippen molar-refractivity contribution in [2.75, 3.05) is 13.2 Å². The van der Waals surface area contributed by atoms with Crippen molar-refractivity contribution in [3.05, 3.63) is 70.7 Å². The minimum absolute atomic E-state index is 0.00856. The number of hydrogen-bond donors (Lipinski definition) is 1. The number of nitrogens with one attached hydrogen (secondary N) is 1. The molecule has 1 aliphatic heterocycles. The minimum atomic E-state index is -0.749. The Morgan fingerprint density at radius 2 is 1.71 bits per heavy atom. The van der Waals surface area contributed by atoms with Gasteiger partial charge < -0.3 is 4.74 Å². The lowest BCUT2D eigenvalue weighted by atomic mass is 10.1. The molecule has 1 aliphatic rings. The zero-order valence-corrected chi connectivity index (χ0v) is 15.5. The summed E-state index contributed by atoms with van der Waals surface area (Å²) in [4.78, 5) is 48.5. The van der Waals surface area contributed by atoms with Gasteiger partial charge in [0.1, 0.15) is 0 Å². The molecule has 1 atom stereocenters. The fourth-order valence-corrected chi connectivity index (χ4v) is 2.85. The molecular weight excluding hydrogens is 384 g/mol. The Labute approximate surface area is 166 Å².